The molecule has 2 fully saturated rings. The van der Waals surface area contributed by atoms with Crippen LogP contribution in [0.5, 0.6) is 0 Å². The third kappa shape index (κ3) is 3.97. The van der Waals surface area contributed by atoms with Gasteiger partial charge in [-0.15, -0.1) is 0 Å². The zero-order valence-corrected chi connectivity index (χ0v) is 17.2. The third-order valence-corrected chi connectivity index (χ3v) is 5.67. The van der Waals surface area contributed by atoms with Crippen LogP contribution in [0.15, 0.2) is 30.6 Å². The first kappa shape index (κ1) is 19.9. The monoisotopic (exact) mass is 444 g/mol. The summed E-state index contributed by atoms with van der Waals surface area (Å²) in [5.74, 6) is -1.20. The molecule has 10 heteroatoms. The van der Waals surface area contributed by atoms with Gasteiger partial charge in [-0.25, -0.2) is 18.7 Å². The lowest BCUT2D eigenvalue weighted by molar-refractivity contribution is 0.0736. The first-order valence-corrected chi connectivity index (χ1v) is 10.4. The molecule has 1 aliphatic heterocycles. The molecule has 0 spiro atoms. The van der Waals surface area contributed by atoms with Gasteiger partial charge in [0.1, 0.15) is 22.7 Å². The van der Waals surface area contributed by atoms with E-state index >= 15 is 0 Å². The minimum absolute atomic E-state index is 0.0866. The van der Waals surface area contributed by atoms with Crippen LogP contribution in [0.4, 0.5) is 20.4 Å². The van der Waals surface area contributed by atoms with Gasteiger partial charge in [-0.3, -0.25) is 9.78 Å². The largest absolute Gasteiger partial charge is 0.364 e. The fraction of sp³-hybridized carbons (Fsp3) is 0.333. The maximum Gasteiger partial charge on any atom is 0.259 e. The van der Waals surface area contributed by atoms with Crippen LogP contribution in [0, 0.1) is 11.6 Å². The van der Waals surface area contributed by atoms with E-state index in [1.807, 2.05) is 11.0 Å². The predicted octanol–water partition coefficient (Wildman–Crippen LogP) is 3.49. The Hall–Kier alpha value is -3.07. The number of pyridine rings is 1. The number of benzene rings is 1. The molecule has 3 aromatic rings. The summed E-state index contributed by atoms with van der Waals surface area (Å²) in [5.41, 5.74) is 0.859. The van der Waals surface area contributed by atoms with Gasteiger partial charge in [0.05, 0.1) is 11.7 Å². The number of rotatable bonds is 4. The Morgan fingerprint density at radius 1 is 1.06 bits per heavy atom. The number of piperazine rings is 1. The molecular formula is C21H19ClF2N6O. The standard InChI is InChI=1S/C21H19ClF2N6O/c22-12-9-14(23)18(15(24)10-12)21(31)30-7-5-29(6-8-30)20-19(26-13-1-2-13)27-16-3-4-25-11-17(16)28-20/h3-4,9-11,13H,1-2,5-8H2,(H,26,27). The van der Waals surface area contributed by atoms with Crippen molar-refractivity contribution in [2.24, 2.45) is 0 Å². The molecule has 160 valence electrons. The van der Waals surface area contributed by atoms with E-state index in [0.717, 1.165) is 30.5 Å². The van der Waals surface area contributed by atoms with Gasteiger partial charge in [0.25, 0.3) is 5.91 Å². The van der Waals surface area contributed by atoms with Crippen molar-refractivity contribution in [1.29, 1.82) is 0 Å². The summed E-state index contributed by atoms with van der Waals surface area (Å²) in [5, 5.41) is 3.34. The van der Waals surface area contributed by atoms with E-state index in [1.54, 1.807) is 12.4 Å². The number of nitrogens with zero attached hydrogens (tertiary/aromatic N) is 5. The van der Waals surface area contributed by atoms with Crippen LogP contribution in [0.2, 0.25) is 5.02 Å². The summed E-state index contributed by atoms with van der Waals surface area (Å²) < 4.78 is 28.3. The Morgan fingerprint density at radius 2 is 1.77 bits per heavy atom. The van der Waals surface area contributed by atoms with Gasteiger partial charge in [-0.05, 0) is 31.0 Å². The second-order valence-electron chi connectivity index (χ2n) is 7.70. The van der Waals surface area contributed by atoms with Gasteiger partial charge in [0.15, 0.2) is 11.6 Å². The van der Waals surface area contributed by atoms with E-state index in [4.69, 9.17) is 21.6 Å². The first-order valence-electron chi connectivity index (χ1n) is 10.1. The van der Waals surface area contributed by atoms with Gasteiger partial charge in [0, 0.05) is 43.4 Å². The van der Waals surface area contributed by atoms with Crippen molar-refractivity contribution in [3.63, 3.8) is 0 Å². The molecule has 7 nitrogen and oxygen atoms in total. The molecule has 0 atom stereocenters. The third-order valence-electron chi connectivity index (χ3n) is 5.45. The number of nitrogens with one attached hydrogen (secondary N) is 1. The highest BCUT2D eigenvalue weighted by molar-refractivity contribution is 6.30. The van der Waals surface area contributed by atoms with E-state index in [1.165, 1.54) is 4.90 Å². The van der Waals surface area contributed by atoms with E-state index in [-0.39, 0.29) is 5.02 Å². The molecular weight excluding hydrogens is 426 g/mol. The Morgan fingerprint density at radius 3 is 2.45 bits per heavy atom. The van der Waals surface area contributed by atoms with Gasteiger partial charge >= 0.3 is 0 Å². The van der Waals surface area contributed by atoms with Crippen LogP contribution < -0.4 is 10.2 Å². The lowest BCUT2D eigenvalue weighted by Gasteiger charge is -2.36. The van der Waals surface area contributed by atoms with Gasteiger partial charge in [-0.1, -0.05) is 11.6 Å². The second-order valence-corrected chi connectivity index (χ2v) is 8.14. The molecule has 3 heterocycles. The molecule has 5 rings (SSSR count). The highest BCUT2D eigenvalue weighted by atomic mass is 35.5. The van der Waals surface area contributed by atoms with Crippen LogP contribution in [-0.2, 0) is 0 Å². The molecule has 0 unspecified atom stereocenters. The molecule has 2 aromatic heterocycles. The quantitative estimate of drug-likeness (QED) is 0.664. The van der Waals surface area contributed by atoms with Crippen LogP contribution in [0.3, 0.4) is 0 Å². The van der Waals surface area contributed by atoms with Gasteiger partial charge in [-0.2, -0.15) is 0 Å². The summed E-state index contributed by atoms with van der Waals surface area (Å²) in [6, 6.07) is 4.10. The average molecular weight is 445 g/mol. The zero-order valence-electron chi connectivity index (χ0n) is 16.5. The number of hydrogen-bond donors (Lipinski definition) is 1. The fourth-order valence-corrected chi connectivity index (χ4v) is 3.85. The van der Waals surface area contributed by atoms with Crippen molar-refractivity contribution in [2.45, 2.75) is 18.9 Å². The van der Waals surface area contributed by atoms with E-state index in [2.05, 4.69) is 10.3 Å². The van der Waals surface area contributed by atoms with Crippen molar-refractivity contribution in [2.75, 3.05) is 36.4 Å². The minimum atomic E-state index is -0.957. The molecule has 1 aromatic carbocycles. The number of amides is 1. The molecule has 1 saturated heterocycles. The summed E-state index contributed by atoms with van der Waals surface area (Å²) in [4.78, 5) is 29.8. The van der Waals surface area contributed by atoms with Crippen molar-refractivity contribution >= 4 is 40.2 Å². The lowest BCUT2D eigenvalue weighted by atomic mass is 10.1. The molecule has 1 amide bonds. The fourth-order valence-electron chi connectivity index (χ4n) is 3.66. The molecule has 0 bridgehead atoms. The van der Waals surface area contributed by atoms with E-state index in [9.17, 15) is 13.6 Å². The Balaban J connectivity index is 1.37. The van der Waals surface area contributed by atoms with Crippen molar-refractivity contribution in [1.82, 2.24) is 19.9 Å². The SMILES string of the molecule is O=C(c1c(F)cc(Cl)cc1F)N1CCN(c2nc3cnccc3nc2NC2CC2)CC1. The minimum Gasteiger partial charge on any atom is -0.364 e. The molecule has 0 radical (unpaired) electrons. The molecule has 31 heavy (non-hydrogen) atoms. The highest BCUT2D eigenvalue weighted by Gasteiger charge is 2.30. The maximum absolute atomic E-state index is 14.2. The lowest BCUT2D eigenvalue weighted by Crippen LogP contribution is -2.49. The number of hydrogen-bond acceptors (Lipinski definition) is 6. The molecule has 1 aliphatic carbocycles. The topological polar surface area (TPSA) is 74.2 Å². The van der Waals surface area contributed by atoms with Crippen LogP contribution in [-0.4, -0.2) is 58.0 Å². The number of halogens is 3. The second kappa shape index (κ2) is 7.88. The summed E-state index contributed by atoms with van der Waals surface area (Å²) in [7, 11) is 0. The Labute approximate surface area is 182 Å². The van der Waals surface area contributed by atoms with Crippen molar-refractivity contribution in [3.8, 4) is 0 Å². The Bertz CT molecular complexity index is 1140. The normalized spacial score (nSPS) is 16.6. The van der Waals surface area contributed by atoms with Crippen LogP contribution in [0.1, 0.15) is 23.2 Å². The smallest absolute Gasteiger partial charge is 0.259 e. The number of aromatic nitrogens is 3. The average Bonchev–Trinajstić information content (AvgIpc) is 3.57. The predicted molar refractivity (Wildman–Crippen MR) is 113 cm³/mol. The summed E-state index contributed by atoms with van der Waals surface area (Å²) in [6.07, 6.45) is 5.53. The number of carbonyl (C=O) groups excluding carboxylic acids is 1. The molecule has 1 N–H and O–H groups in total. The van der Waals surface area contributed by atoms with Crippen LogP contribution >= 0.6 is 11.6 Å². The van der Waals surface area contributed by atoms with Crippen LogP contribution in [0.25, 0.3) is 11.0 Å². The summed E-state index contributed by atoms with van der Waals surface area (Å²) >= 11 is 5.66. The highest BCUT2D eigenvalue weighted by Crippen LogP contribution is 2.31. The molecule has 1 saturated carbocycles. The van der Waals surface area contributed by atoms with Gasteiger partial charge in [0.2, 0.25) is 0 Å². The number of anilines is 2. The number of carbonyl (C=O) groups is 1. The number of fused-ring (bicyclic) bond motifs is 1. The first-order chi connectivity index (χ1) is 15.0. The zero-order chi connectivity index (χ0) is 21.5. The van der Waals surface area contributed by atoms with Crippen molar-refractivity contribution < 1.29 is 13.6 Å². The Kier molecular flexibility index (Phi) is 5.05. The van der Waals surface area contributed by atoms with E-state index in [0.29, 0.717) is 49.4 Å². The maximum atomic E-state index is 14.2. The van der Waals surface area contributed by atoms with E-state index < -0.39 is 23.1 Å². The van der Waals surface area contributed by atoms with Crippen molar-refractivity contribution in [3.05, 3.63) is 52.8 Å². The van der Waals surface area contributed by atoms with Gasteiger partial charge < -0.3 is 15.1 Å². The summed E-state index contributed by atoms with van der Waals surface area (Å²) in [6.45, 7) is 1.52. The molecule has 2 aliphatic rings.